The third kappa shape index (κ3) is 4.10. The lowest BCUT2D eigenvalue weighted by Crippen LogP contribution is -2.37. The molecule has 2 aromatic carbocycles. The van der Waals surface area contributed by atoms with E-state index in [4.69, 9.17) is 33.3 Å². The molecule has 1 amide bonds. The van der Waals surface area contributed by atoms with Gasteiger partial charge in [-0.25, -0.2) is 0 Å². The van der Waals surface area contributed by atoms with Gasteiger partial charge in [0.2, 0.25) is 0 Å². The number of rotatable bonds is 4. The number of carbonyl (C=O) groups excluding carboxylic acids is 1. The third-order valence-corrected chi connectivity index (χ3v) is 5.85. The van der Waals surface area contributed by atoms with Gasteiger partial charge in [0.1, 0.15) is 18.2 Å². The number of ether oxygens (including phenoxy) is 1. The number of carbonyl (C=O) groups is 1. The van der Waals surface area contributed by atoms with Crippen LogP contribution in [0.3, 0.4) is 0 Å². The van der Waals surface area contributed by atoms with E-state index in [2.05, 4.69) is 4.99 Å². The van der Waals surface area contributed by atoms with Crippen LogP contribution in [0.2, 0.25) is 10.0 Å². The fourth-order valence-electron chi connectivity index (χ4n) is 2.87. The molecule has 0 radical (unpaired) electrons. The first-order valence-electron chi connectivity index (χ1n) is 8.66. The molecule has 0 aromatic heterocycles. The minimum atomic E-state index is -0.434. The van der Waals surface area contributed by atoms with E-state index >= 15 is 0 Å². The number of fused-ring (bicyclic) bond motifs is 1. The monoisotopic (exact) mass is 443 g/mol. The van der Waals surface area contributed by atoms with E-state index in [-0.39, 0.29) is 11.4 Å². The van der Waals surface area contributed by atoms with Gasteiger partial charge in [0.25, 0.3) is 5.91 Å². The SMILES string of the molecule is CC1=CSC2=NC(=O)/C(=C\c3ccc(OCc4ccc(Cl)cc4)c(Cl)c3)C(=N)N12. The van der Waals surface area contributed by atoms with Crippen LogP contribution in [0.25, 0.3) is 6.08 Å². The van der Waals surface area contributed by atoms with Gasteiger partial charge in [-0.2, -0.15) is 4.99 Å². The molecule has 5 nitrogen and oxygen atoms in total. The van der Waals surface area contributed by atoms with Crippen molar-refractivity contribution in [1.82, 2.24) is 4.90 Å². The molecule has 2 aliphatic rings. The number of nitrogens with zero attached hydrogens (tertiary/aromatic N) is 2. The van der Waals surface area contributed by atoms with Gasteiger partial charge in [-0.3, -0.25) is 15.1 Å². The second-order valence-electron chi connectivity index (χ2n) is 6.42. The number of allylic oxidation sites excluding steroid dienone is 1. The van der Waals surface area contributed by atoms with Gasteiger partial charge < -0.3 is 4.74 Å². The van der Waals surface area contributed by atoms with Crippen molar-refractivity contribution in [2.45, 2.75) is 13.5 Å². The second kappa shape index (κ2) is 8.06. The van der Waals surface area contributed by atoms with Gasteiger partial charge in [0, 0.05) is 10.7 Å². The normalized spacial score (nSPS) is 17.3. The van der Waals surface area contributed by atoms with E-state index in [0.717, 1.165) is 11.3 Å². The smallest absolute Gasteiger partial charge is 0.283 e. The van der Waals surface area contributed by atoms with Crippen LogP contribution in [0.15, 0.2) is 64.1 Å². The van der Waals surface area contributed by atoms with Gasteiger partial charge in [-0.15, -0.1) is 0 Å². The highest BCUT2D eigenvalue weighted by Gasteiger charge is 2.33. The first kappa shape index (κ1) is 19.8. The Kier molecular flexibility index (Phi) is 5.50. The van der Waals surface area contributed by atoms with Crippen LogP contribution in [-0.4, -0.2) is 21.8 Å². The van der Waals surface area contributed by atoms with E-state index in [1.165, 1.54) is 11.8 Å². The van der Waals surface area contributed by atoms with Crippen LogP contribution in [0, 0.1) is 5.41 Å². The predicted octanol–water partition coefficient (Wildman–Crippen LogP) is 5.74. The maximum atomic E-state index is 12.4. The number of thioether (sulfide) groups is 1. The molecule has 2 aliphatic heterocycles. The van der Waals surface area contributed by atoms with Gasteiger partial charge in [-0.1, -0.05) is 53.2 Å². The van der Waals surface area contributed by atoms with E-state index in [9.17, 15) is 4.79 Å². The predicted molar refractivity (Wildman–Crippen MR) is 119 cm³/mol. The Morgan fingerprint density at radius 2 is 1.97 bits per heavy atom. The molecule has 0 fully saturated rings. The number of hydrogen-bond donors (Lipinski definition) is 1. The van der Waals surface area contributed by atoms with Crippen molar-refractivity contribution >= 4 is 58.0 Å². The van der Waals surface area contributed by atoms with Crippen molar-refractivity contribution in [1.29, 1.82) is 5.41 Å². The number of halogens is 2. The van der Waals surface area contributed by atoms with Gasteiger partial charge >= 0.3 is 0 Å². The van der Waals surface area contributed by atoms with E-state index in [1.807, 2.05) is 24.5 Å². The van der Waals surface area contributed by atoms with Gasteiger partial charge in [-0.05, 0) is 53.8 Å². The zero-order valence-corrected chi connectivity index (χ0v) is 17.6. The standard InChI is InChI=1S/C21H15Cl2N3O2S/c1-12-11-29-21-25-20(27)16(19(24)26(12)21)8-14-4-7-18(17(23)9-14)28-10-13-2-5-15(22)6-3-13/h2-9,11,24H,10H2,1H3/b16-8-,24-19?. The summed E-state index contributed by atoms with van der Waals surface area (Å²) in [4.78, 5) is 18.1. The summed E-state index contributed by atoms with van der Waals surface area (Å²) in [6.07, 6.45) is 1.62. The molecule has 0 spiro atoms. The highest BCUT2D eigenvalue weighted by atomic mass is 35.5. The Bertz CT molecular complexity index is 1110. The maximum absolute atomic E-state index is 12.4. The fourth-order valence-corrected chi connectivity index (χ4v) is 4.10. The molecule has 2 heterocycles. The number of nitrogens with one attached hydrogen (secondary N) is 1. The average molecular weight is 444 g/mol. The quantitative estimate of drug-likeness (QED) is 0.611. The highest BCUT2D eigenvalue weighted by molar-refractivity contribution is 8.16. The Morgan fingerprint density at radius 3 is 2.69 bits per heavy atom. The van der Waals surface area contributed by atoms with Crippen molar-refractivity contribution in [3.8, 4) is 5.75 Å². The Balaban J connectivity index is 1.53. The molecule has 146 valence electrons. The molecule has 0 saturated carbocycles. The molecule has 29 heavy (non-hydrogen) atoms. The minimum absolute atomic E-state index is 0.109. The number of amides is 1. The molecule has 0 bridgehead atoms. The van der Waals surface area contributed by atoms with Crippen LogP contribution in [-0.2, 0) is 11.4 Å². The second-order valence-corrected chi connectivity index (χ2v) is 8.10. The Labute approximate surface area is 182 Å². The average Bonchev–Trinajstić information content (AvgIpc) is 3.06. The third-order valence-electron chi connectivity index (χ3n) is 4.36. The number of hydrogen-bond acceptors (Lipinski definition) is 4. The van der Waals surface area contributed by atoms with Crippen LogP contribution >= 0.6 is 35.0 Å². The van der Waals surface area contributed by atoms with Crippen LogP contribution in [0.4, 0.5) is 0 Å². The fraction of sp³-hybridized carbons (Fsp3) is 0.0952. The Morgan fingerprint density at radius 1 is 1.21 bits per heavy atom. The summed E-state index contributed by atoms with van der Waals surface area (Å²) in [6.45, 7) is 2.23. The number of amidine groups is 2. The zero-order valence-electron chi connectivity index (χ0n) is 15.3. The summed E-state index contributed by atoms with van der Waals surface area (Å²) < 4.78 is 5.78. The first-order chi connectivity index (χ1) is 13.9. The molecule has 8 heteroatoms. The van der Waals surface area contributed by atoms with Gasteiger partial charge in [0.15, 0.2) is 5.17 Å². The summed E-state index contributed by atoms with van der Waals surface area (Å²) in [5.41, 5.74) is 2.74. The molecule has 0 saturated heterocycles. The summed E-state index contributed by atoms with van der Waals surface area (Å²) in [5.74, 6) is 0.206. The topological polar surface area (TPSA) is 65.8 Å². The van der Waals surface area contributed by atoms with Gasteiger partial charge in [0.05, 0.1) is 10.6 Å². The molecule has 2 aromatic rings. The summed E-state index contributed by atoms with van der Waals surface area (Å²) >= 11 is 13.6. The van der Waals surface area contributed by atoms with Crippen molar-refractivity contribution in [3.63, 3.8) is 0 Å². The first-order valence-corrected chi connectivity index (χ1v) is 10.3. The molecular formula is C21H15Cl2N3O2S. The molecule has 0 atom stereocenters. The molecule has 4 rings (SSSR count). The lowest BCUT2D eigenvalue weighted by Gasteiger charge is -2.25. The molecule has 1 N–H and O–H groups in total. The largest absolute Gasteiger partial charge is 0.487 e. The van der Waals surface area contributed by atoms with Crippen LogP contribution in [0.1, 0.15) is 18.1 Å². The molecular weight excluding hydrogens is 429 g/mol. The van der Waals surface area contributed by atoms with E-state index < -0.39 is 5.91 Å². The van der Waals surface area contributed by atoms with E-state index in [1.54, 1.807) is 41.3 Å². The van der Waals surface area contributed by atoms with Crippen LogP contribution < -0.4 is 4.74 Å². The van der Waals surface area contributed by atoms with Crippen molar-refractivity contribution in [2.75, 3.05) is 0 Å². The summed E-state index contributed by atoms with van der Waals surface area (Å²) in [7, 11) is 0. The number of aliphatic imine (C=N–C) groups is 1. The summed E-state index contributed by atoms with van der Waals surface area (Å²) in [6, 6.07) is 12.6. The molecule has 0 aliphatic carbocycles. The lowest BCUT2D eigenvalue weighted by atomic mass is 10.1. The van der Waals surface area contributed by atoms with Crippen molar-refractivity contribution in [3.05, 3.63) is 80.3 Å². The number of benzene rings is 2. The minimum Gasteiger partial charge on any atom is -0.487 e. The lowest BCUT2D eigenvalue weighted by molar-refractivity contribution is -0.114. The Hall–Kier alpha value is -2.54. The van der Waals surface area contributed by atoms with Crippen molar-refractivity contribution in [2.24, 2.45) is 4.99 Å². The highest BCUT2D eigenvalue weighted by Crippen LogP contribution is 2.33. The molecule has 0 unspecified atom stereocenters. The van der Waals surface area contributed by atoms with E-state index in [0.29, 0.717) is 33.1 Å². The van der Waals surface area contributed by atoms with Crippen molar-refractivity contribution < 1.29 is 9.53 Å². The van der Waals surface area contributed by atoms with Crippen LogP contribution in [0.5, 0.6) is 5.75 Å². The maximum Gasteiger partial charge on any atom is 0.283 e. The summed E-state index contributed by atoms with van der Waals surface area (Å²) in [5, 5.41) is 11.9. The zero-order chi connectivity index (χ0) is 20.5.